The molecule has 0 saturated heterocycles. The molecule has 2 rings (SSSR count). The van der Waals surface area contributed by atoms with E-state index in [-0.39, 0.29) is 11.2 Å². The molecule has 0 radical (unpaired) electrons. The van der Waals surface area contributed by atoms with Gasteiger partial charge in [0.05, 0.1) is 5.71 Å². The molecule has 3 nitrogen and oxygen atoms in total. The van der Waals surface area contributed by atoms with Gasteiger partial charge in [-0.1, -0.05) is 25.4 Å². The lowest BCUT2D eigenvalue weighted by atomic mass is 10.0. The lowest BCUT2D eigenvalue weighted by Gasteiger charge is -2.11. The summed E-state index contributed by atoms with van der Waals surface area (Å²) in [5.74, 6) is 0.454. The normalized spacial score (nSPS) is 19.0. The smallest absolute Gasteiger partial charge is 0.259 e. The Balaban J connectivity index is 2.09. The maximum Gasteiger partial charge on any atom is 0.259 e. The maximum atomic E-state index is 11.8. The molecular weight excluding hydrogens is 268 g/mol. The molecule has 0 fully saturated rings. The molecule has 1 amide bonds. The van der Waals surface area contributed by atoms with Crippen LogP contribution < -0.4 is 5.43 Å². The van der Waals surface area contributed by atoms with Gasteiger partial charge >= 0.3 is 0 Å². The highest BCUT2D eigenvalue weighted by Gasteiger charge is 2.30. The highest BCUT2D eigenvalue weighted by molar-refractivity contribution is 8.01. The average Bonchev–Trinajstić information content (AvgIpc) is 2.64. The number of nitrogens with one attached hydrogen (secondary N) is 1. The van der Waals surface area contributed by atoms with Gasteiger partial charge in [0.2, 0.25) is 0 Å². The standard InChI is InChI=1S/C13H15ClN2OS/c1-8(2)7-11-12(13(17)16-15-11)18-10-5-3-9(14)4-6-10/h3-6,8,12H,7H2,1-2H3,(H,16,17). The molecule has 1 N–H and O–H groups in total. The zero-order chi connectivity index (χ0) is 13.1. The fourth-order valence-corrected chi connectivity index (χ4v) is 2.87. The fraction of sp³-hybridized carbons (Fsp3) is 0.385. The molecule has 1 aromatic rings. The van der Waals surface area contributed by atoms with Gasteiger partial charge in [-0.25, -0.2) is 5.43 Å². The fourth-order valence-electron chi connectivity index (χ4n) is 1.74. The second-order valence-corrected chi connectivity index (χ2v) is 6.24. The van der Waals surface area contributed by atoms with E-state index in [1.165, 1.54) is 11.8 Å². The van der Waals surface area contributed by atoms with Crippen LogP contribution in [0.2, 0.25) is 5.02 Å². The summed E-state index contributed by atoms with van der Waals surface area (Å²) in [5, 5.41) is 4.61. The number of halogens is 1. The number of benzene rings is 1. The number of rotatable bonds is 4. The Morgan fingerprint density at radius 2 is 2.06 bits per heavy atom. The molecular formula is C13H15ClN2OS. The zero-order valence-electron chi connectivity index (χ0n) is 10.3. The van der Waals surface area contributed by atoms with Crippen LogP contribution in [0.5, 0.6) is 0 Å². The Morgan fingerprint density at radius 3 is 2.67 bits per heavy atom. The molecule has 5 heteroatoms. The number of carbonyl (C=O) groups excluding carboxylic acids is 1. The van der Waals surface area contributed by atoms with E-state index < -0.39 is 0 Å². The van der Waals surface area contributed by atoms with Gasteiger partial charge in [0, 0.05) is 9.92 Å². The van der Waals surface area contributed by atoms with E-state index in [4.69, 9.17) is 11.6 Å². The molecule has 0 aromatic heterocycles. The lowest BCUT2D eigenvalue weighted by molar-refractivity contribution is -0.118. The molecule has 1 aromatic carbocycles. The molecule has 1 atom stereocenters. The van der Waals surface area contributed by atoms with Gasteiger partial charge in [-0.15, -0.1) is 11.8 Å². The number of amides is 1. The first kappa shape index (κ1) is 13.4. The van der Waals surface area contributed by atoms with E-state index >= 15 is 0 Å². The van der Waals surface area contributed by atoms with E-state index in [0.717, 1.165) is 17.0 Å². The van der Waals surface area contributed by atoms with E-state index in [9.17, 15) is 4.79 Å². The Bertz CT molecular complexity index is 470. The van der Waals surface area contributed by atoms with Crippen LogP contribution in [0.25, 0.3) is 0 Å². The van der Waals surface area contributed by atoms with Crippen LogP contribution in [0.4, 0.5) is 0 Å². The summed E-state index contributed by atoms with van der Waals surface area (Å²) >= 11 is 7.36. The number of hydrogen-bond acceptors (Lipinski definition) is 3. The van der Waals surface area contributed by atoms with Crippen molar-refractivity contribution < 1.29 is 4.79 Å². The summed E-state index contributed by atoms with van der Waals surface area (Å²) in [4.78, 5) is 12.8. The van der Waals surface area contributed by atoms with Crippen LogP contribution in [0, 0.1) is 5.92 Å². The van der Waals surface area contributed by atoms with Crippen LogP contribution in [-0.4, -0.2) is 16.9 Å². The largest absolute Gasteiger partial charge is 0.271 e. The number of hydrogen-bond donors (Lipinski definition) is 1. The number of thioether (sulfide) groups is 1. The van der Waals surface area contributed by atoms with E-state index in [1.807, 2.05) is 24.3 Å². The quantitative estimate of drug-likeness (QED) is 0.920. The minimum absolute atomic E-state index is 0.0365. The first-order valence-electron chi connectivity index (χ1n) is 5.85. The van der Waals surface area contributed by atoms with Crippen LogP contribution >= 0.6 is 23.4 Å². The number of nitrogens with zero attached hydrogens (tertiary/aromatic N) is 1. The SMILES string of the molecule is CC(C)CC1=NNC(=O)C1Sc1ccc(Cl)cc1. The summed E-state index contributed by atoms with van der Waals surface area (Å²) in [7, 11) is 0. The maximum absolute atomic E-state index is 11.8. The summed E-state index contributed by atoms with van der Waals surface area (Å²) in [5.41, 5.74) is 3.48. The van der Waals surface area contributed by atoms with Gasteiger partial charge in [-0.05, 0) is 36.6 Å². The van der Waals surface area contributed by atoms with Gasteiger partial charge in [-0.2, -0.15) is 5.10 Å². The molecule has 1 aliphatic rings. The summed E-state index contributed by atoms with van der Waals surface area (Å²) < 4.78 is 0. The first-order valence-corrected chi connectivity index (χ1v) is 7.10. The summed E-state index contributed by atoms with van der Waals surface area (Å²) in [6.45, 7) is 4.24. The van der Waals surface area contributed by atoms with E-state index in [1.54, 1.807) is 0 Å². The van der Waals surface area contributed by atoms with E-state index in [0.29, 0.717) is 10.9 Å². The minimum Gasteiger partial charge on any atom is -0.271 e. The van der Waals surface area contributed by atoms with Gasteiger partial charge in [0.25, 0.3) is 5.91 Å². The molecule has 0 aliphatic carbocycles. The highest BCUT2D eigenvalue weighted by atomic mass is 35.5. The molecule has 18 heavy (non-hydrogen) atoms. The van der Waals surface area contributed by atoms with Crippen molar-refractivity contribution in [1.29, 1.82) is 0 Å². The average molecular weight is 283 g/mol. The van der Waals surface area contributed by atoms with Crippen molar-refractivity contribution in [2.45, 2.75) is 30.4 Å². The molecule has 96 valence electrons. The van der Waals surface area contributed by atoms with Crippen LogP contribution in [0.15, 0.2) is 34.3 Å². The number of hydrazone groups is 1. The van der Waals surface area contributed by atoms with Gasteiger partial charge < -0.3 is 0 Å². The Kier molecular flexibility index (Phi) is 4.30. The van der Waals surface area contributed by atoms with Crippen molar-refractivity contribution in [1.82, 2.24) is 5.43 Å². The van der Waals surface area contributed by atoms with Crippen molar-refractivity contribution in [2.75, 3.05) is 0 Å². The zero-order valence-corrected chi connectivity index (χ0v) is 11.9. The van der Waals surface area contributed by atoms with Gasteiger partial charge in [-0.3, -0.25) is 4.79 Å². The first-order chi connectivity index (χ1) is 8.56. The Morgan fingerprint density at radius 1 is 1.39 bits per heavy atom. The Hall–Kier alpha value is -1.00. The molecule has 1 unspecified atom stereocenters. The van der Waals surface area contributed by atoms with Gasteiger partial charge in [0.15, 0.2) is 0 Å². The molecule has 0 saturated carbocycles. The molecule has 1 heterocycles. The van der Waals surface area contributed by atoms with Crippen molar-refractivity contribution in [3.05, 3.63) is 29.3 Å². The number of carbonyl (C=O) groups is 1. The third kappa shape index (κ3) is 3.27. The van der Waals surface area contributed by atoms with Crippen LogP contribution in [-0.2, 0) is 4.79 Å². The van der Waals surface area contributed by atoms with Crippen LogP contribution in [0.3, 0.4) is 0 Å². The summed E-state index contributed by atoms with van der Waals surface area (Å²) in [6, 6.07) is 7.50. The highest BCUT2D eigenvalue weighted by Crippen LogP contribution is 2.29. The second-order valence-electron chi connectivity index (χ2n) is 4.63. The van der Waals surface area contributed by atoms with Crippen molar-refractivity contribution in [2.24, 2.45) is 11.0 Å². The third-order valence-corrected chi connectivity index (χ3v) is 4.05. The summed E-state index contributed by atoms with van der Waals surface area (Å²) in [6.07, 6.45) is 0.837. The molecule has 0 bridgehead atoms. The lowest BCUT2D eigenvalue weighted by Crippen LogP contribution is -2.26. The van der Waals surface area contributed by atoms with Crippen molar-refractivity contribution >= 4 is 35.0 Å². The Labute approximate surface area is 116 Å². The second kappa shape index (κ2) is 5.76. The van der Waals surface area contributed by atoms with Crippen molar-refractivity contribution in [3.8, 4) is 0 Å². The predicted octanol–water partition coefficient (Wildman–Crippen LogP) is 3.33. The molecule has 1 aliphatic heterocycles. The van der Waals surface area contributed by atoms with Gasteiger partial charge in [0.1, 0.15) is 5.25 Å². The topological polar surface area (TPSA) is 41.5 Å². The molecule has 0 spiro atoms. The van der Waals surface area contributed by atoms with E-state index in [2.05, 4.69) is 24.4 Å². The predicted molar refractivity (Wildman–Crippen MR) is 76.1 cm³/mol. The van der Waals surface area contributed by atoms with Crippen LogP contribution in [0.1, 0.15) is 20.3 Å². The van der Waals surface area contributed by atoms with Crippen molar-refractivity contribution in [3.63, 3.8) is 0 Å². The minimum atomic E-state index is -0.214. The third-order valence-electron chi connectivity index (χ3n) is 2.54. The monoisotopic (exact) mass is 282 g/mol.